The number of rotatable bonds is 4. The zero-order valence-electron chi connectivity index (χ0n) is 12.9. The molecule has 2 aromatic rings. The molecule has 1 unspecified atom stereocenters. The number of aromatic nitrogens is 1. The van der Waals surface area contributed by atoms with Gasteiger partial charge in [0.15, 0.2) is 0 Å². The van der Waals surface area contributed by atoms with Crippen molar-refractivity contribution in [1.29, 1.82) is 0 Å². The third-order valence-electron chi connectivity index (χ3n) is 4.03. The first kappa shape index (κ1) is 14.6. The Morgan fingerprint density at radius 3 is 2.95 bits per heavy atom. The molecule has 1 amide bonds. The average molecular weight is 300 g/mol. The van der Waals surface area contributed by atoms with Crippen molar-refractivity contribution >= 4 is 5.91 Å². The van der Waals surface area contributed by atoms with E-state index in [0.29, 0.717) is 19.4 Å². The van der Waals surface area contributed by atoms with E-state index in [-0.39, 0.29) is 11.9 Å². The number of amides is 1. The third kappa shape index (κ3) is 3.13. The maximum absolute atomic E-state index is 12.1. The van der Waals surface area contributed by atoms with Crippen LogP contribution in [0, 0.1) is 13.8 Å². The predicted molar refractivity (Wildman–Crippen MR) is 81.9 cm³/mol. The highest BCUT2D eigenvalue weighted by atomic mass is 16.5. The monoisotopic (exact) mass is 300 g/mol. The molecular formula is C17H20N2O3. The molecule has 0 spiro atoms. The molecule has 3 rings (SSSR count). The predicted octanol–water partition coefficient (Wildman–Crippen LogP) is 2.34. The molecule has 1 atom stereocenters. The molecular weight excluding hydrogens is 280 g/mol. The highest BCUT2D eigenvalue weighted by molar-refractivity contribution is 5.76. The Bertz CT molecular complexity index is 659. The molecule has 22 heavy (non-hydrogen) atoms. The second kappa shape index (κ2) is 6.22. The molecule has 1 aliphatic rings. The van der Waals surface area contributed by atoms with Crippen LogP contribution in [0.3, 0.4) is 0 Å². The molecule has 0 fully saturated rings. The van der Waals surface area contributed by atoms with E-state index in [0.717, 1.165) is 34.8 Å². The SMILES string of the molecule is Cc1noc(C)c1CCC(=O)NC1COc2ccccc2C1. The summed E-state index contributed by atoms with van der Waals surface area (Å²) in [6, 6.07) is 7.99. The number of aryl methyl sites for hydroxylation is 2. The molecule has 0 bridgehead atoms. The first-order valence-electron chi connectivity index (χ1n) is 7.55. The van der Waals surface area contributed by atoms with Gasteiger partial charge in [-0.1, -0.05) is 23.4 Å². The minimum atomic E-state index is 0.0343. The molecule has 1 N–H and O–H groups in total. The number of hydrogen-bond acceptors (Lipinski definition) is 4. The number of hydrogen-bond donors (Lipinski definition) is 1. The first-order chi connectivity index (χ1) is 10.6. The van der Waals surface area contributed by atoms with Crippen LogP contribution in [0.25, 0.3) is 0 Å². The second-order valence-electron chi connectivity index (χ2n) is 5.69. The molecule has 0 saturated carbocycles. The van der Waals surface area contributed by atoms with Crippen molar-refractivity contribution < 1.29 is 14.1 Å². The van der Waals surface area contributed by atoms with Crippen molar-refractivity contribution in [3.8, 4) is 5.75 Å². The van der Waals surface area contributed by atoms with Crippen LogP contribution in [0.15, 0.2) is 28.8 Å². The van der Waals surface area contributed by atoms with Gasteiger partial charge >= 0.3 is 0 Å². The molecule has 1 aromatic heterocycles. The van der Waals surface area contributed by atoms with E-state index in [2.05, 4.69) is 10.5 Å². The van der Waals surface area contributed by atoms with Gasteiger partial charge in [-0.2, -0.15) is 0 Å². The average Bonchev–Trinajstić information content (AvgIpc) is 2.84. The van der Waals surface area contributed by atoms with E-state index in [9.17, 15) is 4.79 Å². The van der Waals surface area contributed by atoms with Gasteiger partial charge in [-0.05, 0) is 38.3 Å². The van der Waals surface area contributed by atoms with Crippen LogP contribution >= 0.6 is 0 Å². The van der Waals surface area contributed by atoms with Crippen LogP contribution in [0.4, 0.5) is 0 Å². The molecule has 116 valence electrons. The molecule has 1 aliphatic heterocycles. The summed E-state index contributed by atoms with van der Waals surface area (Å²) in [7, 11) is 0. The molecule has 0 radical (unpaired) electrons. The Labute approximate surface area is 129 Å². The second-order valence-corrected chi connectivity index (χ2v) is 5.69. The number of carbonyl (C=O) groups excluding carboxylic acids is 1. The molecule has 0 aliphatic carbocycles. The number of ether oxygens (including phenoxy) is 1. The van der Waals surface area contributed by atoms with Gasteiger partial charge in [0.1, 0.15) is 18.1 Å². The summed E-state index contributed by atoms with van der Waals surface area (Å²) in [4.78, 5) is 12.1. The smallest absolute Gasteiger partial charge is 0.220 e. The highest BCUT2D eigenvalue weighted by Gasteiger charge is 2.21. The zero-order valence-corrected chi connectivity index (χ0v) is 12.9. The molecule has 1 aromatic carbocycles. The van der Waals surface area contributed by atoms with Crippen molar-refractivity contribution in [2.75, 3.05) is 6.61 Å². The quantitative estimate of drug-likeness (QED) is 0.941. The Kier molecular flexibility index (Phi) is 4.13. The third-order valence-corrected chi connectivity index (χ3v) is 4.03. The summed E-state index contributed by atoms with van der Waals surface area (Å²) in [5.74, 6) is 1.75. The number of nitrogens with zero attached hydrogens (tertiary/aromatic N) is 1. The number of carbonyl (C=O) groups is 1. The van der Waals surface area contributed by atoms with E-state index < -0.39 is 0 Å². The standard InChI is InChI=1S/C17H20N2O3/c1-11-15(12(2)22-19-11)7-8-17(20)18-14-9-13-5-3-4-6-16(13)21-10-14/h3-6,14H,7-10H2,1-2H3,(H,18,20). The minimum absolute atomic E-state index is 0.0343. The number of benzene rings is 1. The summed E-state index contributed by atoms with van der Waals surface area (Å²) in [5, 5.41) is 6.95. The Balaban J connectivity index is 1.53. The Morgan fingerprint density at radius 2 is 2.18 bits per heavy atom. The fourth-order valence-corrected chi connectivity index (χ4v) is 2.82. The lowest BCUT2D eigenvalue weighted by Crippen LogP contribution is -2.42. The van der Waals surface area contributed by atoms with Crippen LogP contribution in [-0.4, -0.2) is 23.7 Å². The van der Waals surface area contributed by atoms with E-state index in [1.54, 1.807) is 0 Å². The summed E-state index contributed by atoms with van der Waals surface area (Å²) < 4.78 is 10.8. The van der Waals surface area contributed by atoms with Crippen LogP contribution in [-0.2, 0) is 17.6 Å². The lowest BCUT2D eigenvalue weighted by Gasteiger charge is -2.26. The Morgan fingerprint density at radius 1 is 1.36 bits per heavy atom. The van der Waals surface area contributed by atoms with E-state index in [4.69, 9.17) is 9.26 Å². The summed E-state index contributed by atoms with van der Waals surface area (Å²) >= 11 is 0. The largest absolute Gasteiger partial charge is 0.491 e. The lowest BCUT2D eigenvalue weighted by atomic mass is 10.0. The minimum Gasteiger partial charge on any atom is -0.491 e. The van der Waals surface area contributed by atoms with Gasteiger partial charge in [0.2, 0.25) is 5.91 Å². The van der Waals surface area contributed by atoms with Crippen molar-refractivity contribution in [2.24, 2.45) is 0 Å². The molecule has 2 heterocycles. The van der Waals surface area contributed by atoms with Crippen molar-refractivity contribution in [3.63, 3.8) is 0 Å². The van der Waals surface area contributed by atoms with Crippen LogP contribution in [0.5, 0.6) is 5.75 Å². The van der Waals surface area contributed by atoms with Gasteiger partial charge < -0.3 is 14.6 Å². The van der Waals surface area contributed by atoms with Crippen LogP contribution in [0.2, 0.25) is 0 Å². The van der Waals surface area contributed by atoms with E-state index in [1.165, 1.54) is 0 Å². The van der Waals surface area contributed by atoms with Gasteiger partial charge in [-0.25, -0.2) is 0 Å². The van der Waals surface area contributed by atoms with E-state index in [1.807, 2.05) is 38.1 Å². The van der Waals surface area contributed by atoms with Gasteiger partial charge in [0, 0.05) is 12.0 Å². The van der Waals surface area contributed by atoms with E-state index >= 15 is 0 Å². The summed E-state index contributed by atoms with van der Waals surface area (Å²) in [5.41, 5.74) is 3.03. The molecule has 5 heteroatoms. The molecule has 5 nitrogen and oxygen atoms in total. The lowest BCUT2D eigenvalue weighted by molar-refractivity contribution is -0.122. The van der Waals surface area contributed by atoms with Crippen molar-refractivity contribution in [3.05, 3.63) is 46.8 Å². The van der Waals surface area contributed by atoms with Crippen molar-refractivity contribution in [2.45, 2.75) is 39.2 Å². The normalized spacial score (nSPS) is 16.7. The fraction of sp³-hybridized carbons (Fsp3) is 0.412. The number of para-hydroxylation sites is 1. The Hall–Kier alpha value is -2.30. The maximum atomic E-state index is 12.1. The number of fused-ring (bicyclic) bond motifs is 1. The van der Waals surface area contributed by atoms with Gasteiger partial charge in [-0.3, -0.25) is 4.79 Å². The summed E-state index contributed by atoms with van der Waals surface area (Å²) in [6.45, 7) is 4.29. The van der Waals surface area contributed by atoms with Crippen LogP contribution in [0.1, 0.15) is 29.0 Å². The topological polar surface area (TPSA) is 64.4 Å². The maximum Gasteiger partial charge on any atom is 0.220 e. The number of nitrogens with one attached hydrogen (secondary N) is 1. The van der Waals surface area contributed by atoms with Gasteiger partial charge in [0.05, 0.1) is 11.7 Å². The zero-order chi connectivity index (χ0) is 15.5. The highest BCUT2D eigenvalue weighted by Crippen LogP contribution is 2.24. The summed E-state index contributed by atoms with van der Waals surface area (Å²) in [6.07, 6.45) is 1.89. The van der Waals surface area contributed by atoms with Gasteiger partial charge in [0.25, 0.3) is 0 Å². The van der Waals surface area contributed by atoms with Crippen LogP contribution < -0.4 is 10.1 Å². The first-order valence-corrected chi connectivity index (χ1v) is 7.55. The fourth-order valence-electron chi connectivity index (χ4n) is 2.82. The van der Waals surface area contributed by atoms with Gasteiger partial charge in [-0.15, -0.1) is 0 Å². The van der Waals surface area contributed by atoms with Crippen molar-refractivity contribution in [1.82, 2.24) is 10.5 Å². The molecule has 0 saturated heterocycles.